The third-order valence-corrected chi connectivity index (χ3v) is 5.79. The van der Waals surface area contributed by atoms with Crippen molar-refractivity contribution in [3.05, 3.63) is 71.8 Å². The Morgan fingerprint density at radius 1 is 1.03 bits per heavy atom. The number of imidazole rings is 1. The lowest BCUT2D eigenvalue weighted by molar-refractivity contribution is 0.0679. The molecule has 2 heterocycles. The maximum absolute atomic E-state index is 5.92. The minimum Gasteiger partial charge on any atom is -0.493 e. The van der Waals surface area contributed by atoms with Gasteiger partial charge in [0.1, 0.15) is 5.82 Å². The molecule has 3 aromatic rings. The van der Waals surface area contributed by atoms with Crippen LogP contribution in [0.1, 0.15) is 29.8 Å². The van der Waals surface area contributed by atoms with E-state index in [2.05, 4.69) is 50.8 Å². The van der Waals surface area contributed by atoms with E-state index in [9.17, 15) is 0 Å². The first kappa shape index (κ1) is 21.4. The van der Waals surface area contributed by atoms with Crippen molar-refractivity contribution in [2.24, 2.45) is 0 Å². The van der Waals surface area contributed by atoms with Crippen LogP contribution in [0.5, 0.6) is 11.5 Å². The van der Waals surface area contributed by atoms with Gasteiger partial charge in [-0.05, 0) is 55.2 Å². The number of benzene rings is 2. The van der Waals surface area contributed by atoms with Crippen LogP contribution >= 0.6 is 0 Å². The van der Waals surface area contributed by atoms with Crippen molar-refractivity contribution in [1.82, 2.24) is 14.5 Å². The van der Waals surface area contributed by atoms with Gasteiger partial charge < -0.3 is 18.8 Å². The zero-order chi connectivity index (χ0) is 21.6. The highest BCUT2D eigenvalue weighted by atomic mass is 16.5. The molecule has 0 bridgehead atoms. The summed E-state index contributed by atoms with van der Waals surface area (Å²) in [6, 6.07) is 14.9. The van der Waals surface area contributed by atoms with Crippen molar-refractivity contribution in [2.45, 2.75) is 39.0 Å². The number of ether oxygens (including phenoxy) is 3. The summed E-state index contributed by atoms with van der Waals surface area (Å²) in [6.07, 6.45) is 6.39. The van der Waals surface area contributed by atoms with Gasteiger partial charge in [-0.2, -0.15) is 0 Å². The van der Waals surface area contributed by atoms with Gasteiger partial charge in [-0.3, -0.25) is 4.90 Å². The van der Waals surface area contributed by atoms with Gasteiger partial charge in [0.25, 0.3) is 0 Å². The van der Waals surface area contributed by atoms with Crippen molar-refractivity contribution >= 4 is 0 Å². The van der Waals surface area contributed by atoms with E-state index in [0.29, 0.717) is 6.10 Å². The molecule has 1 atom stereocenters. The number of hydrogen-bond acceptors (Lipinski definition) is 5. The topological polar surface area (TPSA) is 48.8 Å². The van der Waals surface area contributed by atoms with Crippen molar-refractivity contribution in [2.75, 3.05) is 27.4 Å². The minimum absolute atomic E-state index is 0.299. The van der Waals surface area contributed by atoms with E-state index in [1.165, 1.54) is 11.1 Å². The Labute approximate surface area is 184 Å². The van der Waals surface area contributed by atoms with Crippen LogP contribution in [0.25, 0.3) is 5.69 Å². The van der Waals surface area contributed by atoms with Crippen molar-refractivity contribution in [1.29, 1.82) is 0 Å². The Morgan fingerprint density at radius 2 is 1.77 bits per heavy atom. The number of aryl methyl sites for hydroxylation is 1. The SMILES string of the molecule is COc1ccc(CN(Cc2ccc(-n3ccnc3C)cc2)C[C@H]2CCCO2)cc1OC. The predicted octanol–water partition coefficient (Wildman–Crippen LogP) is 4.38. The lowest BCUT2D eigenvalue weighted by atomic mass is 10.1. The monoisotopic (exact) mass is 421 g/mol. The fourth-order valence-electron chi connectivity index (χ4n) is 4.17. The van der Waals surface area contributed by atoms with Crippen molar-refractivity contribution in [3.8, 4) is 17.2 Å². The Kier molecular flexibility index (Phi) is 6.89. The van der Waals surface area contributed by atoms with Crippen LogP contribution in [-0.4, -0.2) is 47.9 Å². The van der Waals surface area contributed by atoms with E-state index in [0.717, 1.165) is 62.1 Å². The van der Waals surface area contributed by atoms with E-state index in [1.54, 1.807) is 14.2 Å². The molecule has 2 aromatic carbocycles. The summed E-state index contributed by atoms with van der Waals surface area (Å²) in [7, 11) is 3.34. The molecule has 1 saturated heterocycles. The molecule has 0 unspecified atom stereocenters. The van der Waals surface area contributed by atoms with E-state index >= 15 is 0 Å². The number of methoxy groups -OCH3 is 2. The first-order chi connectivity index (χ1) is 15.2. The van der Waals surface area contributed by atoms with Crippen LogP contribution in [0.2, 0.25) is 0 Å². The molecule has 0 saturated carbocycles. The molecular weight excluding hydrogens is 390 g/mol. The lowest BCUT2D eigenvalue weighted by Gasteiger charge is -2.26. The number of nitrogens with zero attached hydrogens (tertiary/aromatic N) is 3. The molecule has 0 spiro atoms. The average molecular weight is 422 g/mol. The largest absolute Gasteiger partial charge is 0.493 e. The van der Waals surface area contributed by atoms with E-state index < -0.39 is 0 Å². The van der Waals surface area contributed by atoms with Crippen LogP contribution < -0.4 is 9.47 Å². The highest BCUT2D eigenvalue weighted by molar-refractivity contribution is 5.43. The molecule has 6 nitrogen and oxygen atoms in total. The summed E-state index contributed by atoms with van der Waals surface area (Å²) in [5, 5.41) is 0. The van der Waals surface area contributed by atoms with E-state index in [-0.39, 0.29) is 0 Å². The highest BCUT2D eigenvalue weighted by Gasteiger charge is 2.20. The van der Waals surface area contributed by atoms with Crippen LogP contribution in [0, 0.1) is 6.92 Å². The summed E-state index contributed by atoms with van der Waals surface area (Å²) in [6.45, 7) is 5.48. The Balaban J connectivity index is 1.50. The molecule has 0 radical (unpaired) electrons. The van der Waals surface area contributed by atoms with Crippen molar-refractivity contribution < 1.29 is 14.2 Å². The van der Waals surface area contributed by atoms with Crippen LogP contribution in [0.3, 0.4) is 0 Å². The lowest BCUT2D eigenvalue weighted by Crippen LogP contribution is -2.31. The molecule has 31 heavy (non-hydrogen) atoms. The van der Waals surface area contributed by atoms with Gasteiger partial charge in [-0.1, -0.05) is 18.2 Å². The van der Waals surface area contributed by atoms with Crippen LogP contribution in [0.15, 0.2) is 54.9 Å². The highest BCUT2D eigenvalue weighted by Crippen LogP contribution is 2.28. The molecular formula is C25H31N3O3. The Morgan fingerprint density at radius 3 is 2.42 bits per heavy atom. The third-order valence-electron chi connectivity index (χ3n) is 5.79. The van der Waals surface area contributed by atoms with Gasteiger partial charge in [-0.25, -0.2) is 4.98 Å². The fraction of sp³-hybridized carbons (Fsp3) is 0.400. The second-order valence-corrected chi connectivity index (χ2v) is 8.00. The summed E-state index contributed by atoms with van der Waals surface area (Å²) in [5.41, 5.74) is 3.60. The maximum atomic E-state index is 5.92. The van der Waals surface area contributed by atoms with Gasteiger partial charge in [0.05, 0.1) is 20.3 Å². The van der Waals surface area contributed by atoms with Crippen LogP contribution in [-0.2, 0) is 17.8 Å². The van der Waals surface area contributed by atoms with Gasteiger partial charge in [0.15, 0.2) is 11.5 Å². The summed E-state index contributed by atoms with van der Waals surface area (Å²) in [4.78, 5) is 6.77. The number of rotatable bonds is 9. The second-order valence-electron chi connectivity index (χ2n) is 8.00. The zero-order valence-electron chi connectivity index (χ0n) is 18.6. The van der Waals surface area contributed by atoms with Gasteiger partial charge >= 0.3 is 0 Å². The molecule has 164 valence electrons. The predicted molar refractivity (Wildman–Crippen MR) is 121 cm³/mol. The number of aromatic nitrogens is 2. The molecule has 1 fully saturated rings. The quantitative estimate of drug-likeness (QED) is 0.513. The minimum atomic E-state index is 0.299. The first-order valence-corrected chi connectivity index (χ1v) is 10.8. The van der Waals surface area contributed by atoms with E-state index in [4.69, 9.17) is 14.2 Å². The normalized spacial score (nSPS) is 16.1. The summed E-state index contributed by atoms with van der Waals surface area (Å²) in [5.74, 6) is 2.50. The molecule has 0 aliphatic carbocycles. The maximum Gasteiger partial charge on any atom is 0.161 e. The third kappa shape index (κ3) is 5.27. The van der Waals surface area contributed by atoms with Gasteiger partial charge in [0, 0.05) is 44.3 Å². The van der Waals surface area contributed by atoms with E-state index in [1.807, 2.05) is 25.4 Å². The van der Waals surface area contributed by atoms with Crippen molar-refractivity contribution in [3.63, 3.8) is 0 Å². The molecule has 1 aliphatic rings. The van der Waals surface area contributed by atoms with Gasteiger partial charge in [0.2, 0.25) is 0 Å². The van der Waals surface area contributed by atoms with Crippen LogP contribution in [0.4, 0.5) is 0 Å². The summed E-state index contributed by atoms with van der Waals surface area (Å²) >= 11 is 0. The molecule has 4 rings (SSSR count). The molecule has 6 heteroatoms. The molecule has 1 aromatic heterocycles. The fourth-order valence-corrected chi connectivity index (χ4v) is 4.17. The zero-order valence-corrected chi connectivity index (χ0v) is 18.6. The molecule has 0 amide bonds. The van der Waals surface area contributed by atoms with Gasteiger partial charge in [-0.15, -0.1) is 0 Å². The summed E-state index contributed by atoms with van der Waals surface area (Å²) < 4.78 is 18.9. The molecule has 0 N–H and O–H groups in total. The second kappa shape index (κ2) is 9.98. The molecule has 1 aliphatic heterocycles. The number of hydrogen-bond donors (Lipinski definition) is 0. The first-order valence-electron chi connectivity index (χ1n) is 10.8. The smallest absolute Gasteiger partial charge is 0.161 e. The Hall–Kier alpha value is -2.83. The Bertz CT molecular complexity index is 978. The standard InChI is InChI=1S/C25H31N3O3/c1-19-26-12-13-28(19)22-9-6-20(7-10-22)16-27(18-23-5-4-14-31-23)17-21-8-11-24(29-2)25(15-21)30-3/h6-13,15,23H,4-5,14,16-18H2,1-3H3/t23-/m1/s1. The average Bonchev–Trinajstić information content (AvgIpc) is 3.46.